The summed E-state index contributed by atoms with van der Waals surface area (Å²) >= 11 is 0. The van der Waals surface area contributed by atoms with E-state index in [1.165, 1.54) is 26.2 Å². The van der Waals surface area contributed by atoms with Crippen molar-refractivity contribution in [1.82, 2.24) is 9.62 Å². The molecular formula is C30H40N2O9S. The van der Waals surface area contributed by atoms with Crippen molar-refractivity contribution in [2.45, 2.75) is 87.7 Å². The number of ether oxygens (including phenoxy) is 5. The molecule has 5 rings (SSSR count). The summed E-state index contributed by atoms with van der Waals surface area (Å²) in [6.45, 7) is 2.01. The van der Waals surface area contributed by atoms with Gasteiger partial charge in [0.1, 0.15) is 12.3 Å². The minimum absolute atomic E-state index is 0.0305. The molecule has 11 nitrogen and oxygen atoms in total. The summed E-state index contributed by atoms with van der Waals surface area (Å²) in [6, 6.07) is 13.4. The number of carbonyl (C=O) groups is 1. The summed E-state index contributed by atoms with van der Waals surface area (Å²) < 4.78 is 58.1. The second-order valence-corrected chi connectivity index (χ2v) is 12.9. The summed E-state index contributed by atoms with van der Waals surface area (Å²) in [5.41, 5.74) is 0.671. The van der Waals surface area contributed by atoms with Crippen molar-refractivity contribution in [3.63, 3.8) is 0 Å². The average molecular weight is 605 g/mol. The average Bonchev–Trinajstić information content (AvgIpc) is 3.61. The van der Waals surface area contributed by atoms with E-state index in [0.717, 1.165) is 36.4 Å². The van der Waals surface area contributed by atoms with Crippen LogP contribution in [0.3, 0.4) is 0 Å². The van der Waals surface area contributed by atoms with Crippen molar-refractivity contribution < 1.29 is 42.0 Å². The lowest BCUT2D eigenvalue weighted by molar-refractivity contribution is -0.0907. The predicted molar refractivity (Wildman–Crippen MR) is 152 cm³/mol. The molecule has 12 heteroatoms. The normalized spacial score (nSPS) is 24.1. The summed E-state index contributed by atoms with van der Waals surface area (Å²) in [5, 5.41) is 13.4. The Kier molecular flexibility index (Phi) is 9.89. The van der Waals surface area contributed by atoms with Crippen LogP contribution in [-0.2, 0) is 30.8 Å². The SMILES string of the molecule is COc1ccc(S(=O)(=O)N(Cc2ccccc2)[C@H](NC(=O)O[C@H]2CO[C@H]3OCC[C@H]32)[C@@H](C)O)cc1OC1CCCCC1. The van der Waals surface area contributed by atoms with Crippen LogP contribution in [0.15, 0.2) is 53.4 Å². The molecule has 0 aromatic heterocycles. The summed E-state index contributed by atoms with van der Waals surface area (Å²) in [5.74, 6) is 0.670. The number of sulfonamides is 1. The molecule has 2 N–H and O–H groups in total. The Morgan fingerprint density at radius 3 is 2.55 bits per heavy atom. The van der Waals surface area contributed by atoms with Crippen LogP contribution in [0.4, 0.5) is 4.79 Å². The molecule has 2 aromatic rings. The van der Waals surface area contributed by atoms with Gasteiger partial charge in [-0.05, 0) is 56.7 Å². The van der Waals surface area contributed by atoms with Gasteiger partial charge in [0.15, 0.2) is 17.8 Å². The van der Waals surface area contributed by atoms with E-state index in [0.29, 0.717) is 30.1 Å². The second kappa shape index (κ2) is 13.6. The number of nitrogens with one attached hydrogen (secondary N) is 1. The van der Waals surface area contributed by atoms with Crippen LogP contribution in [0.25, 0.3) is 0 Å². The quantitative estimate of drug-likeness (QED) is 0.368. The van der Waals surface area contributed by atoms with Gasteiger partial charge >= 0.3 is 6.09 Å². The first kappa shape index (κ1) is 30.6. The first-order valence-electron chi connectivity index (χ1n) is 14.5. The number of benzene rings is 2. The number of alkyl carbamates (subject to hydrolysis) is 1. The van der Waals surface area contributed by atoms with E-state index in [1.54, 1.807) is 30.3 Å². The van der Waals surface area contributed by atoms with Crippen molar-refractivity contribution in [2.24, 2.45) is 5.92 Å². The van der Waals surface area contributed by atoms with E-state index < -0.39 is 40.8 Å². The summed E-state index contributed by atoms with van der Waals surface area (Å²) in [6.07, 6.45) is 1.26. The first-order valence-corrected chi connectivity index (χ1v) is 16.0. The van der Waals surface area contributed by atoms with Gasteiger partial charge in [-0.3, -0.25) is 0 Å². The number of hydrogen-bond donors (Lipinski definition) is 2. The highest BCUT2D eigenvalue weighted by Crippen LogP contribution is 2.35. The third kappa shape index (κ3) is 7.00. The van der Waals surface area contributed by atoms with Gasteiger partial charge in [0.2, 0.25) is 10.0 Å². The van der Waals surface area contributed by atoms with Crippen molar-refractivity contribution in [1.29, 1.82) is 0 Å². The molecule has 0 bridgehead atoms. The molecular weight excluding hydrogens is 564 g/mol. The molecule has 3 aliphatic rings. The standard InChI is InChI=1S/C30H40N2O9S/c1-20(33)28(31-30(34)41-27-19-39-29-24(27)15-16-38-29)32(18-21-9-5-3-6-10-21)42(35,36)23-13-14-25(37-2)26(17-23)40-22-11-7-4-8-12-22/h3,5-6,9-10,13-14,17,20,22,24,27-29,33H,4,7-8,11-12,15-16,18-19H2,1-2H3,(H,31,34)/t20-,24+,27+,28+,29-/m1/s1. The molecule has 2 heterocycles. The number of aliphatic hydroxyl groups excluding tert-OH is 1. The van der Waals surface area contributed by atoms with Crippen LogP contribution in [0.5, 0.6) is 11.5 Å². The van der Waals surface area contributed by atoms with Gasteiger partial charge < -0.3 is 34.1 Å². The molecule has 1 amide bonds. The van der Waals surface area contributed by atoms with Gasteiger partial charge in [-0.2, -0.15) is 4.31 Å². The lowest BCUT2D eigenvalue weighted by Crippen LogP contribution is -2.56. The van der Waals surface area contributed by atoms with E-state index in [4.69, 9.17) is 23.7 Å². The molecule has 0 unspecified atom stereocenters. The maximum atomic E-state index is 14.3. The Morgan fingerprint density at radius 1 is 1.07 bits per heavy atom. The fourth-order valence-electron chi connectivity index (χ4n) is 5.78. The minimum Gasteiger partial charge on any atom is -0.493 e. The molecule has 1 aliphatic carbocycles. The number of methoxy groups -OCH3 is 1. The fourth-order valence-corrected chi connectivity index (χ4v) is 7.39. The van der Waals surface area contributed by atoms with Crippen LogP contribution in [0.1, 0.15) is 51.0 Å². The molecule has 3 fully saturated rings. The Morgan fingerprint density at radius 2 is 1.83 bits per heavy atom. The Bertz CT molecular complexity index is 1300. The van der Waals surface area contributed by atoms with Crippen LogP contribution in [0.2, 0.25) is 0 Å². The number of carbonyl (C=O) groups excluding carboxylic acids is 1. The molecule has 2 saturated heterocycles. The Hall–Kier alpha value is -2.90. The molecule has 2 aromatic carbocycles. The van der Waals surface area contributed by atoms with E-state index in [9.17, 15) is 18.3 Å². The third-order valence-corrected chi connectivity index (χ3v) is 9.87. The van der Waals surface area contributed by atoms with E-state index in [2.05, 4.69) is 5.32 Å². The number of fused-ring (bicyclic) bond motifs is 1. The van der Waals surface area contributed by atoms with Crippen LogP contribution < -0.4 is 14.8 Å². The number of nitrogens with zero attached hydrogens (tertiary/aromatic N) is 1. The second-order valence-electron chi connectivity index (χ2n) is 11.0. The van der Waals surface area contributed by atoms with Crippen molar-refractivity contribution in [3.8, 4) is 11.5 Å². The Labute approximate surface area is 247 Å². The highest BCUT2D eigenvalue weighted by Gasteiger charge is 2.44. The maximum Gasteiger partial charge on any atom is 0.408 e. The van der Waals surface area contributed by atoms with Crippen molar-refractivity contribution in [2.75, 3.05) is 20.3 Å². The van der Waals surface area contributed by atoms with E-state index in [-0.39, 0.29) is 30.1 Å². The van der Waals surface area contributed by atoms with E-state index in [1.807, 2.05) is 6.07 Å². The zero-order valence-corrected chi connectivity index (χ0v) is 24.8. The lowest BCUT2D eigenvalue weighted by atomic mass is 9.98. The van der Waals surface area contributed by atoms with Crippen LogP contribution in [-0.4, -0.2) is 75.0 Å². The van der Waals surface area contributed by atoms with Gasteiger partial charge in [-0.1, -0.05) is 36.8 Å². The molecule has 1 saturated carbocycles. The minimum atomic E-state index is -4.30. The van der Waals surface area contributed by atoms with Gasteiger partial charge in [0, 0.05) is 12.6 Å². The predicted octanol–water partition coefficient (Wildman–Crippen LogP) is 3.79. The molecule has 0 radical (unpaired) electrons. The van der Waals surface area contributed by atoms with Crippen LogP contribution >= 0.6 is 0 Å². The Balaban J connectivity index is 1.42. The smallest absolute Gasteiger partial charge is 0.408 e. The molecule has 42 heavy (non-hydrogen) atoms. The third-order valence-electron chi connectivity index (χ3n) is 8.05. The molecule has 5 atom stereocenters. The van der Waals surface area contributed by atoms with Crippen molar-refractivity contribution in [3.05, 3.63) is 54.1 Å². The molecule has 230 valence electrons. The first-order chi connectivity index (χ1) is 20.3. The van der Waals surface area contributed by atoms with Crippen molar-refractivity contribution >= 4 is 16.1 Å². The molecule has 0 spiro atoms. The number of aliphatic hydroxyl groups is 1. The zero-order chi connectivity index (χ0) is 29.7. The van der Waals surface area contributed by atoms with Gasteiger partial charge in [-0.15, -0.1) is 0 Å². The van der Waals surface area contributed by atoms with Gasteiger partial charge in [0.05, 0.1) is 43.3 Å². The number of rotatable bonds is 11. The highest BCUT2D eigenvalue weighted by atomic mass is 32.2. The van der Waals surface area contributed by atoms with Gasteiger partial charge in [-0.25, -0.2) is 13.2 Å². The number of hydrogen-bond acceptors (Lipinski definition) is 9. The number of amides is 1. The van der Waals surface area contributed by atoms with Gasteiger partial charge in [0.25, 0.3) is 0 Å². The largest absolute Gasteiger partial charge is 0.493 e. The molecule has 2 aliphatic heterocycles. The topological polar surface area (TPSA) is 133 Å². The highest BCUT2D eigenvalue weighted by molar-refractivity contribution is 7.89. The summed E-state index contributed by atoms with van der Waals surface area (Å²) in [7, 11) is -2.79. The fraction of sp³-hybridized carbons (Fsp3) is 0.567. The lowest BCUT2D eigenvalue weighted by Gasteiger charge is -2.33. The van der Waals surface area contributed by atoms with E-state index >= 15 is 0 Å². The monoisotopic (exact) mass is 604 g/mol. The maximum absolute atomic E-state index is 14.3. The zero-order valence-electron chi connectivity index (χ0n) is 24.0. The van der Waals surface area contributed by atoms with Crippen LogP contribution in [0, 0.1) is 5.92 Å². The summed E-state index contributed by atoms with van der Waals surface area (Å²) in [4.78, 5) is 13.0.